The Morgan fingerprint density at radius 3 is 2.81 bits per heavy atom. The molecule has 0 radical (unpaired) electrons. The second kappa shape index (κ2) is 7.88. The van der Waals surface area contributed by atoms with Gasteiger partial charge in [0.2, 0.25) is 0 Å². The van der Waals surface area contributed by atoms with Crippen molar-refractivity contribution in [3.63, 3.8) is 0 Å². The summed E-state index contributed by atoms with van der Waals surface area (Å²) >= 11 is 0. The molecule has 1 atom stereocenters. The molecule has 0 bridgehead atoms. The number of hydrogen-bond acceptors (Lipinski definition) is 5. The van der Waals surface area contributed by atoms with Crippen molar-refractivity contribution in [1.29, 1.82) is 0 Å². The summed E-state index contributed by atoms with van der Waals surface area (Å²) in [5.74, 6) is 2.76. The van der Waals surface area contributed by atoms with Gasteiger partial charge in [0.05, 0.1) is 11.7 Å². The zero-order valence-corrected chi connectivity index (χ0v) is 15.9. The van der Waals surface area contributed by atoms with Crippen molar-refractivity contribution in [2.45, 2.75) is 38.8 Å². The van der Waals surface area contributed by atoms with Crippen LogP contribution in [0.5, 0.6) is 0 Å². The molecule has 0 aliphatic carbocycles. The van der Waals surface area contributed by atoms with Crippen molar-refractivity contribution in [3.05, 3.63) is 59.8 Å². The lowest BCUT2D eigenvalue weighted by Gasteiger charge is -2.24. The van der Waals surface area contributed by atoms with Gasteiger partial charge < -0.3 is 15.2 Å². The minimum Gasteiger partial charge on any atom is -0.360 e. The van der Waals surface area contributed by atoms with E-state index in [1.807, 2.05) is 37.6 Å². The van der Waals surface area contributed by atoms with Crippen molar-refractivity contribution in [2.75, 3.05) is 11.9 Å². The first-order valence-corrected chi connectivity index (χ1v) is 9.66. The second-order valence-corrected chi connectivity index (χ2v) is 7.00. The van der Waals surface area contributed by atoms with Crippen LogP contribution in [0, 0.1) is 0 Å². The minimum atomic E-state index is 0.132. The maximum Gasteiger partial charge on any atom is 0.161 e. The molecular formula is C21H26N6. The largest absolute Gasteiger partial charge is 0.360 e. The lowest BCUT2D eigenvalue weighted by atomic mass is 10.0. The second-order valence-electron chi connectivity index (χ2n) is 7.00. The number of imidazole rings is 1. The van der Waals surface area contributed by atoms with E-state index in [4.69, 9.17) is 9.97 Å². The summed E-state index contributed by atoms with van der Waals surface area (Å²) in [6.45, 7) is 3.94. The van der Waals surface area contributed by atoms with Crippen LogP contribution in [-0.4, -0.2) is 26.1 Å². The van der Waals surface area contributed by atoms with E-state index in [9.17, 15) is 0 Å². The molecule has 1 unspecified atom stereocenters. The number of rotatable bonds is 6. The van der Waals surface area contributed by atoms with Gasteiger partial charge in [-0.3, -0.25) is 0 Å². The van der Waals surface area contributed by atoms with E-state index >= 15 is 0 Å². The number of aryl methyl sites for hydroxylation is 1. The number of hydrogen-bond donors (Lipinski definition) is 2. The quantitative estimate of drug-likeness (QED) is 0.703. The Balaban J connectivity index is 1.75. The van der Waals surface area contributed by atoms with E-state index in [0.29, 0.717) is 0 Å². The Kier molecular flexibility index (Phi) is 5.16. The molecule has 4 rings (SSSR count). The zero-order valence-electron chi connectivity index (χ0n) is 15.9. The van der Waals surface area contributed by atoms with Crippen LogP contribution in [-0.2, 0) is 20.0 Å². The van der Waals surface area contributed by atoms with Crippen LogP contribution in [0.1, 0.15) is 42.9 Å². The fourth-order valence-corrected chi connectivity index (χ4v) is 3.63. The third kappa shape index (κ3) is 3.71. The molecule has 2 N–H and O–H groups in total. The van der Waals surface area contributed by atoms with Gasteiger partial charge in [0.1, 0.15) is 11.6 Å². The van der Waals surface area contributed by atoms with Crippen molar-refractivity contribution in [3.8, 4) is 11.4 Å². The highest BCUT2D eigenvalue weighted by atomic mass is 15.1. The summed E-state index contributed by atoms with van der Waals surface area (Å²) < 4.78 is 2.08. The summed E-state index contributed by atoms with van der Waals surface area (Å²) in [4.78, 5) is 14.3. The number of anilines is 1. The fourth-order valence-electron chi connectivity index (χ4n) is 3.63. The van der Waals surface area contributed by atoms with E-state index in [1.54, 1.807) is 0 Å². The summed E-state index contributed by atoms with van der Waals surface area (Å²) in [6, 6.07) is 10.3. The summed E-state index contributed by atoms with van der Waals surface area (Å²) in [5.41, 5.74) is 3.36. The predicted molar refractivity (Wildman–Crippen MR) is 107 cm³/mol. The first kappa shape index (κ1) is 17.7. The van der Waals surface area contributed by atoms with Crippen LogP contribution >= 0.6 is 0 Å². The Labute approximate surface area is 160 Å². The monoisotopic (exact) mass is 362 g/mol. The van der Waals surface area contributed by atoms with Gasteiger partial charge in [0, 0.05) is 37.1 Å². The van der Waals surface area contributed by atoms with Gasteiger partial charge in [0.15, 0.2) is 5.82 Å². The number of nitrogens with zero attached hydrogens (tertiary/aromatic N) is 4. The average Bonchev–Trinajstić information content (AvgIpc) is 3.14. The number of aromatic nitrogens is 4. The first-order valence-electron chi connectivity index (χ1n) is 9.66. The fraction of sp³-hybridized carbons (Fsp3) is 0.381. The lowest BCUT2D eigenvalue weighted by molar-refractivity contribution is 0.600. The molecule has 1 aliphatic rings. The maximum absolute atomic E-state index is 4.93. The molecule has 0 saturated heterocycles. The van der Waals surface area contributed by atoms with Gasteiger partial charge in [-0.05, 0) is 19.4 Å². The highest BCUT2D eigenvalue weighted by molar-refractivity contribution is 5.60. The molecule has 0 amide bonds. The third-order valence-corrected chi connectivity index (χ3v) is 5.03. The molecule has 0 fully saturated rings. The summed E-state index contributed by atoms with van der Waals surface area (Å²) in [6.07, 6.45) is 6.86. The number of fused-ring (bicyclic) bond motifs is 1. The number of nitrogens with one attached hydrogen (secondary N) is 2. The van der Waals surface area contributed by atoms with E-state index in [0.717, 1.165) is 61.1 Å². The normalized spacial score (nSPS) is 14.6. The Morgan fingerprint density at radius 1 is 1.22 bits per heavy atom. The highest BCUT2D eigenvalue weighted by Gasteiger charge is 2.22. The van der Waals surface area contributed by atoms with E-state index < -0.39 is 0 Å². The van der Waals surface area contributed by atoms with E-state index in [1.165, 1.54) is 5.56 Å². The SMILES string of the molecule is CCCC(Nc1nc(-c2ccccc2)nc2c1CCNC2)c1nccn1C. The zero-order chi connectivity index (χ0) is 18.6. The lowest BCUT2D eigenvalue weighted by Crippen LogP contribution is -2.27. The Hall–Kier alpha value is -2.73. The molecule has 3 aromatic rings. The van der Waals surface area contributed by atoms with Crippen molar-refractivity contribution in [2.24, 2.45) is 7.05 Å². The van der Waals surface area contributed by atoms with Crippen LogP contribution in [0.2, 0.25) is 0 Å². The van der Waals surface area contributed by atoms with Crippen molar-refractivity contribution < 1.29 is 0 Å². The molecule has 0 spiro atoms. The van der Waals surface area contributed by atoms with Gasteiger partial charge in [-0.25, -0.2) is 15.0 Å². The highest BCUT2D eigenvalue weighted by Crippen LogP contribution is 2.29. The summed E-state index contributed by atoms with van der Waals surface area (Å²) in [5, 5.41) is 7.13. The van der Waals surface area contributed by atoms with Crippen LogP contribution in [0.15, 0.2) is 42.7 Å². The molecule has 6 nitrogen and oxygen atoms in total. The third-order valence-electron chi connectivity index (χ3n) is 5.03. The van der Waals surface area contributed by atoms with Crippen LogP contribution in [0.4, 0.5) is 5.82 Å². The molecule has 1 aliphatic heterocycles. The molecule has 6 heteroatoms. The van der Waals surface area contributed by atoms with Crippen molar-refractivity contribution in [1.82, 2.24) is 24.8 Å². The molecule has 27 heavy (non-hydrogen) atoms. The van der Waals surface area contributed by atoms with Gasteiger partial charge in [-0.2, -0.15) is 0 Å². The number of benzene rings is 1. The smallest absolute Gasteiger partial charge is 0.161 e. The molecular weight excluding hydrogens is 336 g/mol. The van der Waals surface area contributed by atoms with E-state index in [-0.39, 0.29) is 6.04 Å². The molecule has 3 heterocycles. The van der Waals surface area contributed by atoms with Crippen LogP contribution < -0.4 is 10.6 Å². The predicted octanol–water partition coefficient (Wildman–Crippen LogP) is 3.48. The average molecular weight is 362 g/mol. The first-order chi connectivity index (χ1) is 13.3. The standard InChI is InChI=1S/C21H26N6/c1-3-7-17(21-23-12-13-27(21)2)24-20-16-10-11-22-14-18(16)25-19(26-20)15-8-5-4-6-9-15/h4-6,8-9,12-13,17,22H,3,7,10-11,14H2,1-2H3,(H,24,25,26). The van der Waals surface area contributed by atoms with Crippen LogP contribution in [0.25, 0.3) is 11.4 Å². The molecule has 1 aromatic carbocycles. The molecule has 140 valence electrons. The van der Waals surface area contributed by atoms with Gasteiger partial charge in [-0.15, -0.1) is 0 Å². The maximum atomic E-state index is 4.93. The van der Waals surface area contributed by atoms with E-state index in [2.05, 4.69) is 39.2 Å². The minimum absolute atomic E-state index is 0.132. The van der Waals surface area contributed by atoms with Gasteiger partial charge in [0.25, 0.3) is 0 Å². The molecule has 2 aromatic heterocycles. The molecule has 0 saturated carbocycles. The Morgan fingerprint density at radius 2 is 2.07 bits per heavy atom. The topological polar surface area (TPSA) is 67.7 Å². The van der Waals surface area contributed by atoms with Crippen molar-refractivity contribution >= 4 is 5.82 Å². The van der Waals surface area contributed by atoms with Crippen LogP contribution in [0.3, 0.4) is 0 Å². The van der Waals surface area contributed by atoms with Gasteiger partial charge >= 0.3 is 0 Å². The summed E-state index contributed by atoms with van der Waals surface area (Å²) in [7, 11) is 2.04. The van der Waals surface area contributed by atoms with Gasteiger partial charge in [-0.1, -0.05) is 43.7 Å². The Bertz CT molecular complexity index is 902.